The lowest BCUT2D eigenvalue weighted by Crippen LogP contribution is -2.47. The van der Waals surface area contributed by atoms with Crippen molar-refractivity contribution in [3.8, 4) is 0 Å². The number of hydrogen-bond donors (Lipinski definition) is 0. The lowest BCUT2D eigenvalue weighted by molar-refractivity contribution is -0.144. The molecule has 0 saturated carbocycles. The first kappa shape index (κ1) is 18.2. The monoisotopic (exact) mass is 372 g/mol. The molecular weight excluding hydrogens is 344 g/mol. The molecule has 7 nitrogen and oxygen atoms in total. The van der Waals surface area contributed by atoms with Gasteiger partial charge in [-0.3, -0.25) is 9.59 Å². The van der Waals surface area contributed by atoms with Crippen LogP contribution in [0.15, 0.2) is 24.5 Å². The Morgan fingerprint density at radius 3 is 2.85 bits per heavy atom. The van der Waals surface area contributed by atoms with Crippen LogP contribution in [0.1, 0.15) is 33.5 Å². The molecule has 2 saturated heterocycles. The summed E-state index contributed by atoms with van der Waals surface area (Å²) in [5.74, 6) is -0.0867. The Bertz CT molecular complexity index is 808. The van der Waals surface area contributed by atoms with Crippen LogP contribution in [0.3, 0.4) is 0 Å². The Hall–Kier alpha value is -2.15. The third-order valence-corrected chi connectivity index (χ3v) is 6.09. The molecule has 2 bridgehead atoms. The lowest BCUT2D eigenvalue weighted by atomic mass is 9.76. The molecule has 0 N–H and O–H groups in total. The molecule has 1 spiro atoms. The van der Waals surface area contributed by atoms with E-state index in [1.54, 1.807) is 18.1 Å². The molecule has 7 heteroatoms. The lowest BCUT2D eigenvalue weighted by Gasteiger charge is -2.34. The van der Waals surface area contributed by atoms with Gasteiger partial charge in [-0.1, -0.05) is 12.2 Å². The van der Waals surface area contributed by atoms with Gasteiger partial charge in [0, 0.05) is 31.5 Å². The number of aromatic nitrogens is 2. The van der Waals surface area contributed by atoms with Gasteiger partial charge in [-0.05, 0) is 27.7 Å². The summed E-state index contributed by atoms with van der Waals surface area (Å²) < 4.78 is 8.22. The zero-order chi connectivity index (χ0) is 19.6. The molecule has 146 valence electrons. The van der Waals surface area contributed by atoms with Crippen LogP contribution in [-0.2, 0) is 27.4 Å². The van der Waals surface area contributed by atoms with Crippen molar-refractivity contribution in [1.29, 1.82) is 0 Å². The van der Waals surface area contributed by atoms with Crippen molar-refractivity contribution in [2.45, 2.75) is 58.0 Å². The van der Waals surface area contributed by atoms with Gasteiger partial charge < -0.3 is 19.1 Å². The first-order chi connectivity index (χ1) is 12.7. The standard InChI is InChI=1S/C20H28N4O3/c1-6-23-10-9-21-14(23)11-22(5)17(25)15-13-7-8-20(27-13)12-24(19(2,3)4)18(26)16(15)20/h7-10,13,15-16H,6,11-12H2,1-5H3/t13-,15-,16+,20-/m0/s1. The fourth-order valence-corrected chi connectivity index (χ4v) is 4.67. The fourth-order valence-electron chi connectivity index (χ4n) is 4.67. The van der Waals surface area contributed by atoms with Gasteiger partial charge in [0.25, 0.3) is 0 Å². The van der Waals surface area contributed by atoms with E-state index in [0.29, 0.717) is 13.1 Å². The minimum Gasteiger partial charge on any atom is -0.360 e. The Labute approximate surface area is 160 Å². The minimum absolute atomic E-state index is 0.0242. The Kier molecular flexibility index (Phi) is 4.00. The molecule has 4 heterocycles. The van der Waals surface area contributed by atoms with Gasteiger partial charge in [0.05, 0.1) is 31.0 Å². The molecular formula is C20H28N4O3. The molecule has 2 amide bonds. The first-order valence-corrected chi connectivity index (χ1v) is 9.61. The van der Waals surface area contributed by atoms with Crippen molar-refractivity contribution >= 4 is 11.8 Å². The summed E-state index contributed by atoms with van der Waals surface area (Å²) in [5.41, 5.74) is -0.949. The van der Waals surface area contributed by atoms with E-state index in [2.05, 4.69) is 4.98 Å². The summed E-state index contributed by atoms with van der Waals surface area (Å²) in [7, 11) is 1.78. The van der Waals surface area contributed by atoms with E-state index in [-0.39, 0.29) is 23.5 Å². The second-order valence-electron chi connectivity index (χ2n) is 8.82. The van der Waals surface area contributed by atoms with Gasteiger partial charge in [-0.2, -0.15) is 0 Å². The highest BCUT2D eigenvalue weighted by atomic mass is 16.5. The van der Waals surface area contributed by atoms with Crippen LogP contribution in [-0.4, -0.2) is 62.0 Å². The van der Waals surface area contributed by atoms with E-state index >= 15 is 0 Å². The maximum absolute atomic E-state index is 13.3. The third kappa shape index (κ3) is 2.63. The highest BCUT2D eigenvalue weighted by molar-refractivity contribution is 5.93. The quantitative estimate of drug-likeness (QED) is 0.750. The molecule has 2 fully saturated rings. The number of imidazole rings is 1. The van der Waals surface area contributed by atoms with Crippen LogP contribution in [0.25, 0.3) is 0 Å². The van der Waals surface area contributed by atoms with Crippen LogP contribution in [0.2, 0.25) is 0 Å². The molecule has 0 radical (unpaired) electrons. The molecule has 27 heavy (non-hydrogen) atoms. The fraction of sp³-hybridized carbons (Fsp3) is 0.650. The second kappa shape index (κ2) is 5.92. The zero-order valence-corrected chi connectivity index (χ0v) is 16.7. The topological polar surface area (TPSA) is 67.7 Å². The molecule has 4 rings (SSSR count). The van der Waals surface area contributed by atoms with Gasteiger partial charge in [-0.25, -0.2) is 4.98 Å². The summed E-state index contributed by atoms with van der Waals surface area (Å²) in [6, 6.07) is 0. The highest BCUT2D eigenvalue weighted by Crippen LogP contribution is 2.53. The highest BCUT2D eigenvalue weighted by Gasteiger charge is 2.68. The Morgan fingerprint density at radius 2 is 2.19 bits per heavy atom. The van der Waals surface area contributed by atoms with Gasteiger partial charge >= 0.3 is 0 Å². The van der Waals surface area contributed by atoms with E-state index in [9.17, 15) is 9.59 Å². The van der Waals surface area contributed by atoms with E-state index in [4.69, 9.17) is 4.74 Å². The van der Waals surface area contributed by atoms with Crippen molar-refractivity contribution in [2.24, 2.45) is 11.8 Å². The molecule has 0 aliphatic carbocycles. The van der Waals surface area contributed by atoms with Crippen molar-refractivity contribution in [2.75, 3.05) is 13.6 Å². The van der Waals surface area contributed by atoms with Gasteiger partial charge in [0.1, 0.15) is 11.4 Å². The number of rotatable bonds is 4. The van der Waals surface area contributed by atoms with Crippen LogP contribution in [0.5, 0.6) is 0 Å². The smallest absolute Gasteiger partial charge is 0.230 e. The summed E-state index contributed by atoms with van der Waals surface area (Å²) in [6.07, 6.45) is 7.30. The molecule has 3 aliphatic rings. The number of aryl methyl sites for hydroxylation is 1. The largest absolute Gasteiger partial charge is 0.360 e. The van der Waals surface area contributed by atoms with Crippen LogP contribution < -0.4 is 0 Å². The summed E-state index contributed by atoms with van der Waals surface area (Å²) in [6.45, 7) is 9.85. The third-order valence-electron chi connectivity index (χ3n) is 6.09. The minimum atomic E-state index is -0.655. The van der Waals surface area contributed by atoms with Crippen molar-refractivity contribution < 1.29 is 14.3 Å². The molecule has 1 aromatic rings. The number of nitrogens with zero attached hydrogens (tertiary/aromatic N) is 4. The summed E-state index contributed by atoms with van der Waals surface area (Å²) in [4.78, 5) is 34.4. The number of carbonyl (C=O) groups is 2. The van der Waals surface area contributed by atoms with Crippen molar-refractivity contribution in [1.82, 2.24) is 19.4 Å². The van der Waals surface area contributed by atoms with Crippen LogP contribution in [0, 0.1) is 11.8 Å². The molecule has 0 unspecified atom stereocenters. The van der Waals surface area contributed by atoms with Gasteiger partial charge in [0.15, 0.2) is 0 Å². The van der Waals surface area contributed by atoms with E-state index in [1.807, 2.05) is 55.5 Å². The van der Waals surface area contributed by atoms with E-state index in [0.717, 1.165) is 12.4 Å². The molecule has 1 aromatic heterocycles. The number of fused-ring (bicyclic) bond motifs is 1. The van der Waals surface area contributed by atoms with Crippen LogP contribution in [0.4, 0.5) is 0 Å². The number of hydrogen-bond acceptors (Lipinski definition) is 4. The van der Waals surface area contributed by atoms with E-state index in [1.165, 1.54) is 0 Å². The maximum atomic E-state index is 13.3. The van der Waals surface area contributed by atoms with E-state index < -0.39 is 17.4 Å². The molecule has 4 atom stereocenters. The normalized spacial score (nSPS) is 31.7. The van der Waals surface area contributed by atoms with Gasteiger partial charge in [-0.15, -0.1) is 0 Å². The summed E-state index contributed by atoms with van der Waals surface area (Å²) >= 11 is 0. The average molecular weight is 372 g/mol. The molecule has 0 aromatic carbocycles. The Morgan fingerprint density at radius 1 is 1.44 bits per heavy atom. The van der Waals surface area contributed by atoms with Crippen molar-refractivity contribution in [3.63, 3.8) is 0 Å². The number of ether oxygens (including phenoxy) is 1. The second-order valence-corrected chi connectivity index (χ2v) is 8.82. The maximum Gasteiger partial charge on any atom is 0.230 e. The van der Waals surface area contributed by atoms with Gasteiger partial charge in [0.2, 0.25) is 11.8 Å². The Balaban J connectivity index is 1.58. The molecule has 3 aliphatic heterocycles. The average Bonchev–Trinajstić information content (AvgIpc) is 3.34. The first-order valence-electron chi connectivity index (χ1n) is 9.61. The number of likely N-dealkylation sites (tertiary alicyclic amines) is 1. The van der Waals surface area contributed by atoms with Crippen LogP contribution >= 0.6 is 0 Å². The predicted octanol–water partition coefficient (Wildman–Crippen LogP) is 1.44. The predicted molar refractivity (Wildman–Crippen MR) is 99.6 cm³/mol. The SMILES string of the molecule is CCn1ccnc1CN(C)C(=O)[C@H]1[C@@H]2C=C[C@@]3(CN(C(C)(C)C)C(=O)[C@@H]13)O2. The van der Waals surface area contributed by atoms with Crippen molar-refractivity contribution in [3.05, 3.63) is 30.4 Å². The number of amides is 2. The summed E-state index contributed by atoms with van der Waals surface area (Å²) in [5, 5.41) is 0. The number of carbonyl (C=O) groups excluding carboxylic acids is 2. The zero-order valence-electron chi connectivity index (χ0n) is 16.7.